The van der Waals surface area contributed by atoms with Gasteiger partial charge in [0.1, 0.15) is 0 Å². The third-order valence-electron chi connectivity index (χ3n) is 4.51. The second kappa shape index (κ2) is 5.09. The van der Waals surface area contributed by atoms with Crippen LogP contribution in [0.2, 0.25) is 0 Å². The Balaban J connectivity index is 1.79. The molecule has 6 heteroatoms. The zero-order valence-electron chi connectivity index (χ0n) is 12.2. The van der Waals surface area contributed by atoms with E-state index in [0.717, 1.165) is 13.1 Å². The number of aromatic nitrogens is 2. The number of amides is 1. The van der Waals surface area contributed by atoms with Gasteiger partial charge in [0, 0.05) is 38.4 Å². The minimum atomic E-state index is -0.0270. The lowest BCUT2D eigenvalue weighted by molar-refractivity contribution is 0.0148. The first-order valence-corrected chi connectivity index (χ1v) is 7.40. The number of nitrogens with zero attached hydrogens (tertiary/aromatic N) is 4. The van der Waals surface area contributed by atoms with Crippen LogP contribution in [0.1, 0.15) is 36.7 Å². The summed E-state index contributed by atoms with van der Waals surface area (Å²) in [6, 6.07) is 0.729. The second-order valence-electron chi connectivity index (χ2n) is 6.06. The van der Waals surface area contributed by atoms with Crippen molar-refractivity contribution in [2.75, 3.05) is 25.4 Å². The van der Waals surface area contributed by atoms with Crippen LogP contribution in [-0.2, 0) is 7.05 Å². The van der Waals surface area contributed by atoms with Gasteiger partial charge >= 0.3 is 0 Å². The Kier molecular flexibility index (Phi) is 3.41. The molecule has 2 saturated heterocycles. The molecule has 2 aliphatic rings. The molecule has 0 aromatic carbocycles. The molecule has 0 radical (unpaired) electrons. The van der Waals surface area contributed by atoms with Crippen molar-refractivity contribution < 1.29 is 4.79 Å². The Morgan fingerprint density at radius 3 is 2.90 bits per heavy atom. The van der Waals surface area contributed by atoms with Crippen molar-refractivity contribution in [3.63, 3.8) is 0 Å². The second-order valence-corrected chi connectivity index (χ2v) is 6.06. The summed E-state index contributed by atoms with van der Waals surface area (Å²) in [5, 5.41) is 4.21. The van der Waals surface area contributed by atoms with Crippen molar-refractivity contribution in [2.24, 2.45) is 7.05 Å². The molecule has 0 aliphatic carbocycles. The topological polar surface area (TPSA) is 67.4 Å². The standard InChI is InChI=1S/C14H23N5O/c1-10-7-18-6-4-3-5-11(18)8-19(10)14(20)13-12(15)9-17(2)16-13/h9-11H,3-8,15H2,1-2H3. The van der Waals surface area contributed by atoms with Crippen molar-refractivity contribution in [1.82, 2.24) is 19.6 Å². The molecule has 1 amide bonds. The monoisotopic (exact) mass is 277 g/mol. The zero-order valence-corrected chi connectivity index (χ0v) is 12.2. The van der Waals surface area contributed by atoms with Crippen LogP contribution in [-0.4, -0.2) is 57.2 Å². The van der Waals surface area contributed by atoms with Crippen LogP contribution in [0.3, 0.4) is 0 Å². The summed E-state index contributed by atoms with van der Waals surface area (Å²) in [5.41, 5.74) is 6.75. The van der Waals surface area contributed by atoms with Gasteiger partial charge in [0.2, 0.25) is 0 Å². The molecule has 2 atom stereocenters. The van der Waals surface area contributed by atoms with Gasteiger partial charge in [-0.25, -0.2) is 0 Å². The van der Waals surface area contributed by atoms with Gasteiger partial charge in [0.15, 0.2) is 5.69 Å². The van der Waals surface area contributed by atoms with Gasteiger partial charge in [-0.05, 0) is 26.3 Å². The number of anilines is 1. The van der Waals surface area contributed by atoms with Gasteiger partial charge in [-0.2, -0.15) is 5.10 Å². The van der Waals surface area contributed by atoms with E-state index in [9.17, 15) is 4.79 Å². The largest absolute Gasteiger partial charge is 0.396 e. The molecule has 0 saturated carbocycles. The van der Waals surface area contributed by atoms with Gasteiger partial charge in [-0.3, -0.25) is 14.4 Å². The van der Waals surface area contributed by atoms with Crippen molar-refractivity contribution in [3.05, 3.63) is 11.9 Å². The highest BCUT2D eigenvalue weighted by Gasteiger charge is 2.36. The average Bonchev–Trinajstić information content (AvgIpc) is 2.76. The summed E-state index contributed by atoms with van der Waals surface area (Å²) in [5.74, 6) is -0.0270. The Bertz CT molecular complexity index is 512. The van der Waals surface area contributed by atoms with Gasteiger partial charge < -0.3 is 10.6 Å². The number of fused-ring (bicyclic) bond motifs is 1. The van der Waals surface area contributed by atoms with Gasteiger partial charge in [-0.1, -0.05) is 6.42 Å². The maximum Gasteiger partial charge on any atom is 0.276 e. The number of nitrogens with two attached hydrogens (primary N) is 1. The molecule has 2 fully saturated rings. The third-order valence-corrected chi connectivity index (χ3v) is 4.51. The molecular formula is C14H23N5O. The van der Waals surface area contributed by atoms with E-state index >= 15 is 0 Å². The number of nitrogen functional groups attached to an aromatic ring is 1. The van der Waals surface area contributed by atoms with E-state index in [1.165, 1.54) is 25.8 Å². The summed E-state index contributed by atoms with van der Waals surface area (Å²) in [4.78, 5) is 17.1. The SMILES string of the molecule is CC1CN2CCCCC2CN1C(=O)c1nn(C)cc1N. The molecule has 110 valence electrons. The van der Waals surface area contributed by atoms with Crippen LogP contribution >= 0.6 is 0 Å². The number of carbonyl (C=O) groups is 1. The highest BCUT2D eigenvalue weighted by molar-refractivity contribution is 5.97. The molecule has 20 heavy (non-hydrogen) atoms. The molecule has 3 heterocycles. The first-order chi connectivity index (χ1) is 9.56. The molecule has 0 spiro atoms. The molecule has 0 bridgehead atoms. The van der Waals surface area contributed by atoms with E-state index in [4.69, 9.17) is 5.73 Å². The Hall–Kier alpha value is -1.56. The van der Waals surface area contributed by atoms with E-state index < -0.39 is 0 Å². The summed E-state index contributed by atoms with van der Waals surface area (Å²) in [7, 11) is 1.79. The first-order valence-electron chi connectivity index (χ1n) is 7.40. The Labute approximate surface area is 119 Å². The van der Waals surface area contributed by atoms with E-state index in [0.29, 0.717) is 17.4 Å². The number of hydrogen-bond acceptors (Lipinski definition) is 4. The fourth-order valence-electron chi connectivity index (χ4n) is 3.44. The van der Waals surface area contributed by atoms with Crippen LogP contribution in [0.4, 0.5) is 5.69 Å². The molecule has 2 aliphatic heterocycles. The average molecular weight is 277 g/mol. The van der Waals surface area contributed by atoms with Crippen LogP contribution in [0.25, 0.3) is 0 Å². The van der Waals surface area contributed by atoms with Crippen molar-refractivity contribution in [1.29, 1.82) is 0 Å². The number of hydrogen-bond donors (Lipinski definition) is 1. The minimum Gasteiger partial charge on any atom is -0.396 e. The molecule has 3 rings (SSSR count). The quantitative estimate of drug-likeness (QED) is 0.820. The molecule has 2 unspecified atom stereocenters. The number of piperazine rings is 1. The van der Waals surface area contributed by atoms with Gasteiger partial charge in [0.25, 0.3) is 5.91 Å². The molecular weight excluding hydrogens is 254 g/mol. The molecule has 6 nitrogen and oxygen atoms in total. The normalized spacial score (nSPS) is 27.4. The molecule has 1 aromatic heterocycles. The maximum atomic E-state index is 12.7. The number of aryl methyl sites for hydroxylation is 1. The number of piperidine rings is 1. The summed E-state index contributed by atoms with van der Waals surface area (Å²) in [6.45, 7) is 5.05. The fourth-order valence-corrected chi connectivity index (χ4v) is 3.44. The van der Waals surface area contributed by atoms with Crippen LogP contribution in [0.15, 0.2) is 6.20 Å². The predicted molar refractivity (Wildman–Crippen MR) is 77.3 cm³/mol. The summed E-state index contributed by atoms with van der Waals surface area (Å²) in [6.07, 6.45) is 5.43. The van der Waals surface area contributed by atoms with E-state index in [-0.39, 0.29) is 11.9 Å². The number of rotatable bonds is 1. The van der Waals surface area contributed by atoms with E-state index in [1.54, 1.807) is 17.9 Å². The lowest BCUT2D eigenvalue weighted by Gasteiger charge is -2.47. The fraction of sp³-hybridized carbons (Fsp3) is 0.714. The lowest BCUT2D eigenvalue weighted by Crippen LogP contribution is -2.60. The highest BCUT2D eigenvalue weighted by Crippen LogP contribution is 2.25. The van der Waals surface area contributed by atoms with Crippen LogP contribution in [0, 0.1) is 0 Å². The van der Waals surface area contributed by atoms with Crippen molar-refractivity contribution in [2.45, 2.75) is 38.3 Å². The van der Waals surface area contributed by atoms with Gasteiger partial charge in [0.05, 0.1) is 5.69 Å². The van der Waals surface area contributed by atoms with Crippen molar-refractivity contribution in [3.8, 4) is 0 Å². The Morgan fingerprint density at radius 1 is 1.40 bits per heavy atom. The number of carbonyl (C=O) groups excluding carboxylic acids is 1. The van der Waals surface area contributed by atoms with Gasteiger partial charge in [-0.15, -0.1) is 0 Å². The maximum absolute atomic E-state index is 12.7. The Morgan fingerprint density at radius 2 is 2.20 bits per heavy atom. The van der Waals surface area contributed by atoms with Crippen molar-refractivity contribution >= 4 is 11.6 Å². The first kappa shape index (κ1) is 13.4. The summed E-state index contributed by atoms with van der Waals surface area (Å²) < 4.78 is 1.60. The molecule has 2 N–H and O–H groups in total. The zero-order chi connectivity index (χ0) is 14.3. The minimum absolute atomic E-state index is 0.0270. The van der Waals surface area contributed by atoms with Crippen LogP contribution < -0.4 is 5.73 Å². The van der Waals surface area contributed by atoms with E-state index in [1.807, 2.05) is 4.90 Å². The lowest BCUT2D eigenvalue weighted by atomic mass is 9.97. The smallest absolute Gasteiger partial charge is 0.276 e. The van der Waals surface area contributed by atoms with E-state index in [2.05, 4.69) is 16.9 Å². The third kappa shape index (κ3) is 2.28. The van der Waals surface area contributed by atoms with Crippen LogP contribution in [0.5, 0.6) is 0 Å². The summed E-state index contributed by atoms with van der Waals surface area (Å²) >= 11 is 0. The highest BCUT2D eigenvalue weighted by atomic mass is 16.2. The predicted octanol–water partition coefficient (Wildman–Crippen LogP) is 0.701. The molecule has 1 aromatic rings.